The van der Waals surface area contributed by atoms with Crippen LogP contribution >= 0.6 is 0 Å². The number of aliphatic hydroxyl groups excluding tert-OH is 1. The van der Waals surface area contributed by atoms with Crippen molar-refractivity contribution in [2.45, 2.75) is 33.1 Å². The van der Waals surface area contributed by atoms with E-state index in [-0.39, 0.29) is 18.3 Å². The molecule has 0 heterocycles. The van der Waals surface area contributed by atoms with Gasteiger partial charge >= 0.3 is 0 Å². The SMILES string of the molecule is CCCCCN(CCO)C(=O)c1cc(C)ccc1O. The molecular formula is C15H23NO3. The van der Waals surface area contributed by atoms with E-state index in [2.05, 4.69) is 6.92 Å². The van der Waals surface area contributed by atoms with Crippen LogP contribution in [0.4, 0.5) is 0 Å². The first-order valence-corrected chi connectivity index (χ1v) is 6.80. The molecule has 4 heteroatoms. The summed E-state index contributed by atoms with van der Waals surface area (Å²) in [5.41, 5.74) is 1.24. The van der Waals surface area contributed by atoms with E-state index in [9.17, 15) is 9.90 Å². The Morgan fingerprint density at radius 1 is 1.26 bits per heavy atom. The van der Waals surface area contributed by atoms with Crippen molar-refractivity contribution in [3.05, 3.63) is 29.3 Å². The van der Waals surface area contributed by atoms with Crippen molar-refractivity contribution in [3.8, 4) is 5.75 Å². The first-order valence-electron chi connectivity index (χ1n) is 6.80. The van der Waals surface area contributed by atoms with Crippen LogP contribution in [0.3, 0.4) is 0 Å². The van der Waals surface area contributed by atoms with Gasteiger partial charge in [-0.25, -0.2) is 0 Å². The monoisotopic (exact) mass is 265 g/mol. The lowest BCUT2D eigenvalue weighted by Gasteiger charge is -2.22. The zero-order valence-corrected chi connectivity index (χ0v) is 11.7. The number of phenolic OH excluding ortho intramolecular Hbond substituents is 1. The molecule has 0 aliphatic rings. The number of aryl methyl sites for hydroxylation is 1. The van der Waals surface area contributed by atoms with Gasteiger partial charge in [-0.15, -0.1) is 0 Å². The van der Waals surface area contributed by atoms with Gasteiger partial charge in [-0.2, -0.15) is 0 Å². The van der Waals surface area contributed by atoms with Gasteiger partial charge in [0.2, 0.25) is 0 Å². The first-order chi connectivity index (χ1) is 9.10. The second kappa shape index (κ2) is 7.79. The van der Waals surface area contributed by atoms with Gasteiger partial charge in [-0.1, -0.05) is 31.4 Å². The molecule has 0 aliphatic carbocycles. The standard InChI is InChI=1S/C15H23NO3/c1-3-4-5-8-16(9-10-17)15(19)13-11-12(2)6-7-14(13)18/h6-7,11,17-18H,3-5,8-10H2,1-2H3. The molecule has 0 spiro atoms. The highest BCUT2D eigenvalue weighted by Crippen LogP contribution is 2.20. The van der Waals surface area contributed by atoms with Gasteiger partial charge in [0.1, 0.15) is 5.75 Å². The zero-order valence-electron chi connectivity index (χ0n) is 11.7. The Morgan fingerprint density at radius 3 is 2.63 bits per heavy atom. The number of hydrogen-bond acceptors (Lipinski definition) is 3. The number of carbonyl (C=O) groups is 1. The Hall–Kier alpha value is -1.55. The number of nitrogens with zero attached hydrogens (tertiary/aromatic N) is 1. The molecule has 1 rings (SSSR count). The molecule has 2 N–H and O–H groups in total. The lowest BCUT2D eigenvalue weighted by atomic mass is 10.1. The van der Waals surface area contributed by atoms with Gasteiger partial charge in [0.05, 0.1) is 12.2 Å². The summed E-state index contributed by atoms with van der Waals surface area (Å²) in [6, 6.07) is 4.98. The van der Waals surface area contributed by atoms with Crippen LogP contribution in [0, 0.1) is 6.92 Å². The predicted molar refractivity (Wildman–Crippen MR) is 75.4 cm³/mol. The highest BCUT2D eigenvalue weighted by molar-refractivity contribution is 5.97. The van der Waals surface area contributed by atoms with E-state index in [1.807, 2.05) is 6.92 Å². The Labute approximate surface area is 114 Å². The summed E-state index contributed by atoms with van der Waals surface area (Å²) in [4.78, 5) is 14.0. The summed E-state index contributed by atoms with van der Waals surface area (Å²) in [6.07, 6.45) is 3.04. The number of unbranched alkanes of at least 4 members (excludes halogenated alkanes) is 2. The van der Waals surface area contributed by atoms with Crippen LogP contribution in [0.15, 0.2) is 18.2 Å². The topological polar surface area (TPSA) is 60.8 Å². The molecular weight excluding hydrogens is 242 g/mol. The summed E-state index contributed by atoms with van der Waals surface area (Å²) in [5, 5.41) is 18.8. The van der Waals surface area contributed by atoms with Crippen molar-refractivity contribution in [2.75, 3.05) is 19.7 Å². The average molecular weight is 265 g/mol. The zero-order chi connectivity index (χ0) is 14.3. The third-order valence-electron chi connectivity index (χ3n) is 3.07. The number of aliphatic hydroxyl groups is 1. The normalized spacial score (nSPS) is 10.5. The highest BCUT2D eigenvalue weighted by Gasteiger charge is 2.18. The fourth-order valence-electron chi connectivity index (χ4n) is 1.98. The number of amides is 1. The van der Waals surface area contributed by atoms with Gasteiger partial charge in [0, 0.05) is 13.1 Å². The molecule has 106 valence electrons. The van der Waals surface area contributed by atoms with Crippen molar-refractivity contribution < 1.29 is 15.0 Å². The van der Waals surface area contributed by atoms with Crippen LogP contribution in [-0.2, 0) is 0 Å². The van der Waals surface area contributed by atoms with Crippen LogP contribution in [0.2, 0.25) is 0 Å². The van der Waals surface area contributed by atoms with Gasteiger partial charge in [0.15, 0.2) is 0 Å². The molecule has 1 aromatic carbocycles. The van der Waals surface area contributed by atoms with E-state index in [1.54, 1.807) is 17.0 Å². The maximum Gasteiger partial charge on any atom is 0.257 e. The van der Waals surface area contributed by atoms with Crippen LogP contribution < -0.4 is 0 Å². The molecule has 0 saturated heterocycles. The minimum absolute atomic E-state index is 0.00553. The Morgan fingerprint density at radius 2 is 2.00 bits per heavy atom. The molecule has 0 atom stereocenters. The van der Waals surface area contributed by atoms with Gasteiger partial charge in [-0.05, 0) is 25.5 Å². The molecule has 0 bridgehead atoms. The van der Waals surface area contributed by atoms with E-state index >= 15 is 0 Å². The lowest BCUT2D eigenvalue weighted by molar-refractivity contribution is 0.0715. The molecule has 0 fully saturated rings. The van der Waals surface area contributed by atoms with Gasteiger partial charge < -0.3 is 15.1 Å². The Bertz CT molecular complexity index is 418. The highest BCUT2D eigenvalue weighted by atomic mass is 16.3. The summed E-state index contributed by atoms with van der Waals surface area (Å²) >= 11 is 0. The van der Waals surface area contributed by atoms with E-state index < -0.39 is 0 Å². The molecule has 4 nitrogen and oxygen atoms in total. The summed E-state index contributed by atoms with van der Waals surface area (Å²) in [7, 11) is 0. The third-order valence-corrected chi connectivity index (χ3v) is 3.07. The molecule has 0 aromatic heterocycles. The molecule has 0 aliphatic heterocycles. The molecule has 0 unspecified atom stereocenters. The van der Waals surface area contributed by atoms with Crippen molar-refractivity contribution in [1.29, 1.82) is 0 Å². The molecule has 0 saturated carbocycles. The predicted octanol–water partition coefficient (Wildman–Crippen LogP) is 2.33. The van der Waals surface area contributed by atoms with Crippen LogP contribution in [0.25, 0.3) is 0 Å². The van der Waals surface area contributed by atoms with Crippen molar-refractivity contribution >= 4 is 5.91 Å². The number of phenols is 1. The van der Waals surface area contributed by atoms with Crippen LogP contribution in [-0.4, -0.2) is 40.7 Å². The molecule has 0 radical (unpaired) electrons. The van der Waals surface area contributed by atoms with Gasteiger partial charge in [-0.3, -0.25) is 4.79 Å². The quantitative estimate of drug-likeness (QED) is 0.744. The van der Waals surface area contributed by atoms with Crippen molar-refractivity contribution in [3.63, 3.8) is 0 Å². The molecule has 1 amide bonds. The number of hydrogen-bond donors (Lipinski definition) is 2. The van der Waals surface area contributed by atoms with E-state index in [0.717, 1.165) is 24.8 Å². The fourth-order valence-corrected chi connectivity index (χ4v) is 1.98. The average Bonchev–Trinajstić information content (AvgIpc) is 2.40. The maximum absolute atomic E-state index is 12.4. The fraction of sp³-hybridized carbons (Fsp3) is 0.533. The summed E-state index contributed by atoms with van der Waals surface area (Å²) < 4.78 is 0. The molecule has 1 aromatic rings. The second-order valence-corrected chi connectivity index (χ2v) is 4.74. The Balaban J connectivity index is 2.82. The minimum Gasteiger partial charge on any atom is -0.507 e. The third kappa shape index (κ3) is 4.56. The van der Waals surface area contributed by atoms with Crippen LogP contribution in [0.1, 0.15) is 42.1 Å². The smallest absolute Gasteiger partial charge is 0.257 e. The minimum atomic E-state index is -0.216. The number of benzene rings is 1. The van der Waals surface area contributed by atoms with Crippen molar-refractivity contribution in [2.24, 2.45) is 0 Å². The van der Waals surface area contributed by atoms with E-state index in [4.69, 9.17) is 5.11 Å². The number of rotatable bonds is 7. The van der Waals surface area contributed by atoms with E-state index in [0.29, 0.717) is 18.7 Å². The van der Waals surface area contributed by atoms with Crippen molar-refractivity contribution in [1.82, 2.24) is 4.90 Å². The van der Waals surface area contributed by atoms with E-state index in [1.165, 1.54) is 6.07 Å². The largest absolute Gasteiger partial charge is 0.507 e. The number of aromatic hydroxyl groups is 1. The summed E-state index contributed by atoms with van der Waals surface area (Å²) in [6.45, 7) is 4.83. The number of carbonyl (C=O) groups excluding carboxylic acids is 1. The molecule has 19 heavy (non-hydrogen) atoms. The van der Waals surface area contributed by atoms with Crippen LogP contribution in [0.5, 0.6) is 5.75 Å². The maximum atomic E-state index is 12.4. The lowest BCUT2D eigenvalue weighted by Crippen LogP contribution is -2.34. The van der Waals surface area contributed by atoms with Gasteiger partial charge in [0.25, 0.3) is 5.91 Å². The Kier molecular flexibility index (Phi) is 6.36. The summed E-state index contributed by atoms with van der Waals surface area (Å²) in [5.74, 6) is -0.222. The second-order valence-electron chi connectivity index (χ2n) is 4.74. The first kappa shape index (κ1) is 15.5.